The van der Waals surface area contributed by atoms with Gasteiger partial charge >= 0.3 is 0 Å². The highest BCUT2D eigenvalue weighted by Gasteiger charge is 2.19. The van der Waals surface area contributed by atoms with Crippen LogP contribution in [0.2, 0.25) is 0 Å². The van der Waals surface area contributed by atoms with Crippen LogP contribution < -0.4 is 5.32 Å². The maximum absolute atomic E-state index is 3.59. The lowest BCUT2D eigenvalue weighted by Gasteiger charge is -2.28. The molecule has 1 saturated heterocycles. The van der Waals surface area contributed by atoms with Crippen LogP contribution in [0.4, 0.5) is 0 Å². The third kappa shape index (κ3) is 3.57. The minimum atomic E-state index is 0.699. The Morgan fingerprint density at radius 1 is 1.29 bits per heavy atom. The van der Waals surface area contributed by atoms with E-state index in [1.807, 2.05) is 0 Å². The van der Waals surface area contributed by atoms with Gasteiger partial charge in [0, 0.05) is 12.6 Å². The fourth-order valence-electron chi connectivity index (χ4n) is 2.73. The van der Waals surface area contributed by atoms with Crippen molar-refractivity contribution in [3.8, 4) is 0 Å². The molecule has 94 valence electrons. The monoisotopic (exact) mass is 231 g/mol. The molecule has 1 aromatic carbocycles. The summed E-state index contributed by atoms with van der Waals surface area (Å²) in [6.45, 7) is 8.00. The molecule has 1 N–H and O–H groups in total. The van der Waals surface area contributed by atoms with Crippen LogP contribution in [-0.2, 0) is 6.42 Å². The van der Waals surface area contributed by atoms with Gasteiger partial charge in [0.25, 0.3) is 0 Å². The third-order valence-corrected chi connectivity index (χ3v) is 3.73. The van der Waals surface area contributed by atoms with Crippen LogP contribution in [0.15, 0.2) is 24.3 Å². The van der Waals surface area contributed by atoms with Gasteiger partial charge in [0.05, 0.1) is 0 Å². The van der Waals surface area contributed by atoms with Crippen molar-refractivity contribution < 1.29 is 0 Å². The summed E-state index contributed by atoms with van der Waals surface area (Å²) >= 11 is 0. The van der Waals surface area contributed by atoms with Gasteiger partial charge in [0.1, 0.15) is 0 Å². The second-order valence-electron chi connectivity index (χ2n) is 5.93. The first-order valence-corrected chi connectivity index (χ1v) is 6.97. The summed E-state index contributed by atoms with van der Waals surface area (Å²) in [6, 6.07) is 9.91. The normalized spacial score (nSPS) is 25.2. The number of hydrogen-bond donors (Lipinski definition) is 1. The molecular formula is C16H25N. The van der Waals surface area contributed by atoms with Crippen LogP contribution in [0.5, 0.6) is 0 Å². The molecule has 0 bridgehead atoms. The largest absolute Gasteiger partial charge is 0.314 e. The van der Waals surface area contributed by atoms with Crippen LogP contribution in [0.1, 0.15) is 50.7 Å². The standard InChI is InChI=1S/C16H25N/c1-12(2)9-14-5-4-6-15(10-14)16-8-7-13(3)17-11-16/h4-6,10,12-13,16-17H,7-9,11H2,1-3H3. The summed E-state index contributed by atoms with van der Waals surface area (Å²) < 4.78 is 0. The van der Waals surface area contributed by atoms with E-state index >= 15 is 0 Å². The Kier molecular flexibility index (Phi) is 4.22. The molecule has 0 amide bonds. The lowest BCUT2D eigenvalue weighted by molar-refractivity contribution is 0.385. The average molecular weight is 231 g/mol. The molecule has 1 aliphatic heterocycles. The Bertz CT molecular complexity index is 348. The molecule has 17 heavy (non-hydrogen) atoms. The van der Waals surface area contributed by atoms with Gasteiger partial charge in [0.15, 0.2) is 0 Å². The Morgan fingerprint density at radius 2 is 2.12 bits per heavy atom. The van der Waals surface area contributed by atoms with E-state index in [-0.39, 0.29) is 0 Å². The molecule has 1 heterocycles. The Hall–Kier alpha value is -0.820. The van der Waals surface area contributed by atoms with Crippen molar-refractivity contribution >= 4 is 0 Å². The molecule has 2 unspecified atom stereocenters. The summed E-state index contributed by atoms with van der Waals surface area (Å²) in [5, 5.41) is 3.59. The van der Waals surface area contributed by atoms with E-state index in [9.17, 15) is 0 Å². The van der Waals surface area contributed by atoms with Gasteiger partial charge < -0.3 is 5.32 Å². The molecule has 1 fully saturated rings. The molecule has 2 atom stereocenters. The minimum Gasteiger partial charge on any atom is -0.314 e. The van der Waals surface area contributed by atoms with E-state index in [4.69, 9.17) is 0 Å². The first-order valence-electron chi connectivity index (χ1n) is 6.97. The number of nitrogens with one attached hydrogen (secondary N) is 1. The van der Waals surface area contributed by atoms with Crippen LogP contribution in [0.25, 0.3) is 0 Å². The molecule has 0 saturated carbocycles. The van der Waals surface area contributed by atoms with E-state index < -0.39 is 0 Å². The molecular weight excluding hydrogens is 206 g/mol. The van der Waals surface area contributed by atoms with Gasteiger partial charge in [-0.2, -0.15) is 0 Å². The fraction of sp³-hybridized carbons (Fsp3) is 0.625. The zero-order chi connectivity index (χ0) is 12.3. The van der Waals surface area contributed by atoms with E-state index in [1.165, 1.54) is 30.4 Å². The first kappa shape index (κ1) is 12.6. The Morgan fingerprint density at radius 3 is 2.76 bits per heavy atom. The highest BCUT2D eigenvalue weighted by Crippen LogP contribution is 2.26. The topological polar surface area (TPSA) is 12.0 Å². The maximum Gasteiger partial charge on any atom is 0.00391 e. The second-order valence-corrected chi connectivity index (χ2v) is 5.93. The number of rotatable bonds is 3. The van der Waals surface area contributed by atoms with Crippen molar-refractivity contribution in [2.24, 2.45) is 5.92 Å². The van der Waals surface area contributed by atoms with E-state index in [0.717, 1.165) is 18.4 Å². The van der Waals surface area contributed by atoms with E-state index in [0.29, 0.717) is 6.04 Å². The van der Waals surface area contributed by atoms with Gasteiger partial charge in [-0.15, -0.1) is 0 Å². The highest BCUT2D eigenvalue weighted by molar-refractivity contribution is 5.27. The summed E-state index contributed by atoms with van der Waals surface area (Å²) in [5.74, 6) is 1.47. The molecule has 0 spiro atoms. The Balaban J connectivity index is 2.05. The lowest BCUT2D eigenvalue weighted by Crippen LogP contribution is -2.35. The molecule has 1 heteroatoms. The van der Waals surface area contributed by atoms with Crippen LogP contribution >= 0.6 is 0 Å². The minimum absolute atomic E-state index is 0.699. The highest BCUT2D eigenvalue weighted by atomic mass is 14.9. The molecule has 0 aliphatic carbocycles. The number of benzene rings is 1. The van der Waals surface area contributed by atoms with Crippen molar-refractivity contribution in [2.75, 3.05) is 6.54 Å². The summed E-state index contributed by atoms with van der Waals surface area (Å²) in [4.78, 5) is 0. The maximum atomic E-state index is 3.59. The number of hydrogen-bond acceptors (Lipinski definition) is 1. The van der Waals surface area contributed by atoms with Gasteiger partial charge in [-0.1, -0.05) is 38.1 Å². The quantitative estimate of drug-likeness (QED) is 0.835. The van der Waals surface area contributed by atoms with Crippen LogP contribution in [-0.4, -0.2) is 12.6 Å². The molecule has 1 aliphatic rings. The molecule has 1 nitrogen and oxygen atoms in total. The van der Waals surface area contributed by atoms with Gasteiger partial charge in [-0.25, -0.2) is 0 Å². The SMILES string of the molecule is CC(C)Cc1cccc(C2CCC(C)NC2)c1. The lowest BCUT2D eigenvalue weighted by atomic mass is 9.87. The predicted molar refractivity (Wildman–Crippen MR) is 74.4 cm³/mol. The molecule has 0 aromatic heterocycles. The molecule has 0 radical (unpaired) electrons. The smallest absolute Gasteiger partial charge is 0.00391 e. The molecule has 1 aromatic rings. The van der Waals surface area contributed by atoms with Crippen molar-refractivity contribution in [1.29, 1.82) is 0 Å². The van der Waals surface area contributed by atoms with Crippen molar-refractivity contribution in [3.05, 3.63) is 35.4 Å². The summed E-state index contributed by atoms with van der Waals surface area (Å²) in [6.07, 6.45) is 3.84. The van der Waals surface area contributed by atoms with Gasteiger partial charge in [-0.3, -0.25) is 0 Å². The van der Waals surface area contributed by atoms with Crippen LogP contribution in [0.3, 0.4) is 0 Å². The fourth-order valence-corrected chi connectivity index (χ4v) is 2.73. The third-order valence-electron chi connectivity index (χ3n) is 3.73. The predicted octanol–water partition coefficient (Wildman–Crippen LogP) is 3.74. The zero-order valence-corrected chi connectivity index (χ0v) is 11.4. The second kappa shape index (κ2) is 5.68. The van der Waals surface area contributed by atoms with Gasteiger partial charge in [0.2, 0.25) is 0 Å². The van der Waals surface area contributed by atoms with Crippen molar-refractivity contribution in [2.45, 2.75) is 52.0 Å². The molecule has 2 rings (SSSR count). The Labute approximate surface area is 106 Å². The summed E-state index contributed by atoms with van der Waals surface area (Å²) in [5.41, 5.74) is 3.03. The van der Waals surface area contributed by atoms with Gasteiger partial charge in [-0.05, 0) is 49.1 Å². The van der Waals surface area contributed by atoms with Crippen molar-refractivity contribution in [3.63, 3.8) is 0 Å². The average Bonchev–Trinajstić information content (AvgIpc) is 2.29. The van der Waals surface area contributed by atoms with Crippen molar-refractivity contribution in [1.82, 2.24) is 5.32 Å². The van der Waals surface area contributed by atoms with E-state index in [1.54, 1.807) is 0 Å². The zero-order valence-electron chi connectivity index (χ0n) is 11.4. The van der Waals surface area contributed by atoms with E-state index in [2.05, 4.69) is 50.4 Å². The number of piperidine rings is 1. The first-order chi connectivity index (χ1) is 8.15. The van der Waals surface area contributed by atoms with Crippen LogP contribution in [0, 0.1) is 5.92 Å². The summed E-state index contributed by atoms with van der Waals surface area (Å²) in [7, 11) is 0.